The highest BCUT2D eigenvalue weighted by Crippen LogP contribution is 2.24. The zero-order chi connectivity index (χ0) is 18.0. The molecule has 134 valence electrons. The number of aromatic nitrogens is 1. The molecule has 0 bridgehead atoms. The van der Waals surface area contributed by atoms with Gasteiger partial charge in [0.25, 0.3) is 5.91 Å². The van der Waals surface area contributed by atoms with Crippen LogP contribution < -0.4 is 0 Å². The first-order valence-corrected chi connectivity index (χ1v) is 7.93. The highest BCUT2D eigenvalue weighted by molar-refractivity contribution is 5.98. The topological polar surface area (TPSA) is 109 Å². The summed E-state index contributed by atoms with van der Waals surface area (Å²) in [6, 6.07) is -1.01. The van der Waals surface area contributed by atoms with E-state index in [9.17, 15) is 19.5 Å². The van der Waals surface area contributed by atoms with Crippen LogP contribution in [0.1, 0.15) is 21.5 Å². The van der Waals surface area contributed by atoms with Crippen LogP contribution in [-0.2, 0) is 27.2 Å². The minimum absolute atomic E-state index is 0.0281. The Hall–Kier alpha value is -2.68. The van der Waals surface area contributed by atoms with Crippen molar-refractivity contribution in [3.05, 3.63) is 29.1 Å². The number of carboxylic acid groups (broad SMARTS) is 1. The van der Waals surface area contributed by atoms with Gasteiger partial charge in [-0.2, -0.15) is 0 Å². The molecule has 0 spiro atoms. The Labute approximate surface area is 144 Å². The van der Waals surface area contributed by atoms with E-state index in [1.165, 1.54) is 23.1 Å². The van der Waals surface area contributed by atoms with Gasteiger partial charge in [0, 0.05) is 25.5 Å². The fourth-order valence-corrected chi connectivity index (χ4v) is 3.17. The molecule has 0 aliphatic carbocycles. The van der Waals surface area contributed by atoms with Crippen molar-refractivity contribution in [1.82, 2.24) is 14.8 Å². The van der Waals surface area contributed by atoms with Crippen LogP contribution in [-0.4, -0.2) is 77.3 Å². The number of fused-ring (bicyclic) bond motifs is 1. The zero-order valence-electron chi connectivity index (χ0n) is 13.8. The highest BCUT2D eigenvalue weighted by atomic mass is 16.5. The lowest BCUT2D eigenvalue weighted by Gasteiger charge is -2.34. The number of aliphatic carboxylic acids is 1. The molecule has 2 amide bonds. The van der Waals surface area contributed by atoms with Crippen LogP contribution >= 0.6 is 0 Å². The monoisotopic (exact) mass is 349 g/mol. The summed E-state index contributed by atoms with van der Waals surface area (Å²) in [4.78, 5) is 43.0. The van der Waals surface area contributed by atoms with Crippen LogP contribution in [0.5, 0.6) is 0 Å². The fourth-order valence-electron chi connectivity index (χ4n) is 3.17. The predicted octanol–water partition coefficient (Wildman–Crippen LogP) is 0.132. The Morgan fingerprint density at radius 1 is 1.32 bits per heavy atom. The van der Waals surface area contributed by atoms with E-state index in [1.54, 1.807) is 6.20 Å². The Morgan fingerprint density at radius 2 is 2.12 bits per heavy atom. The third kappa shape index (κ3) is 3.27. The van der Waals surface area contributed by atoms with Crippen molar-refractivity contribution in [2.24, 2.45) is 0 Å². The van der Waals surface area contributed by atoms with Gasteiger partial charge in [0.15, 0.2) is 6.04 Å². The van der Waals surface area contributed by atoms with E-state index in [1.807, 2.05) is 0 Å². The fraction of sp³-hybridized carbons (Fsp3) is 0.500. The second-order valence-corrected chi connectivity index (χ2v) is 5.89. The zero-order valence-corrected chi connectivity index (χ0v) is 13.8. The number of ether oxygens (including phenoxy) is 2. The maximum Gasteiger partial charge on any atom is 0.409 e. The van der Waals surface area contributed by atoms with Crippen LogP contribution in [0.15, 0.2) is 12.4 Å². The largest absolute Gasteiger partial charge is 0.480 e. The van der Waals surface area contributed by atoms with E-state index in [0.29, 0.717) is 31.7 Å². The van der Waals surface area contributed by atoms with Crippen LogP contribution in [0, 0.1) is 0 Å². The van der Waals surface area contributed by atoms with Crippen LogP contribution in [0.2, 0.25) is 0 Å². The van der Waals surface area contributed by atoms with Crippen molar-refractivity contribution in [1.29, 1.82) is 0 Å². The van der Waals surface area contributed by atoms with E-state index in [4.69, 9.17) is 9.47 Å². The Bertz CT molecular complexity index is 707. The molecule has 0 aromatic carbocycles. The van der Waals surface area contributed by atoms with E-state index >= 15 is 0 Å². The molecule has 0 radical (unpaired) electrons. The van der Waals surface area contributed by atoms with Crippen molar-refractivity contribution in [2.75, 3.05) is 33.4 Å². The number of pyridine rings is 1. The van der Waals surface area contributed by atoms with Crippen LogP contribution in [0.25, 0.3) is 0 Å². The number of carbonyl (C=O) groups is 3. The highest BCUT2D eigenvalue weighted by Gasteiger charge is 2.35. The Kier molecular flexibility index (Phi) is 4.84. The lowest BCUT2D eigenvalue weighted by atomic mass is 9.96. The number of nitrogens with zero attached hydrogens (tertiary/aromatic N) is 3. The lowest BCUT2D eigenvalue weighted by Crippen LogP contribution is -2.53. The van der Waals surface area contributed by atoms with Gasteiger partial charge in [-0.1, -0.05) is 0 Å². The van der Waals surface area contributed by atoms with E-state index in [-0.39, 0.29) is 19.1 Å². The number of hydrogen-bond donors (Lipinski definition) is 1. The van der Waals surface area contributed by atoms with E-state index < -0.39 is 18.1 Å². The maximum atomic E-state index is 12.9. The molecule has 0 saturated carbocycles. The van der Waals surface area contributed by atoms with Gasteiger partial charge in [-0.15, -0.1) is 0 Å². The summed E-state index contributed by atoms with van der Waals surface area (Å²) in [6.45, 7) is 1.22. The summed E-state index contributed by atoms with van der Waals surface area (Å²) < 4.78 is 9.91. The Balaban J connectivity index is 1.87. The quantitative estimate of drug-likeness (QED) is 0.808. The summed E-state index contributed by atoms with van der Waals surface area (Å²) in [7, 11) is 1.32. The molecule has 3 heterocycles. The number of amides is 2. The molecular formula is C16H19N3O6. The molecule has 1 atom stereocenters. The first-order valence-electron chi connectivity index (χ1n) is 7.93. The summed E-state index contributed by atoms with van der Waals surface area (Å²) in [5.41, 5.74) is 1.95. The van der Waals surface area contributed by atoms with Gasteiger partial charge in [0.1, 0.15) is 0 Å². The van der Waals surface area contributed by atoms with Crippen LogP contribution in [0.3, 0.4) is 0 Å². The minimum Gasteiger partial charge on any atom is -0.480 e. The van der Waals surface area contributed by atoms with Gasteiger partial charge in [0.2, 0.25) is 0 Å². The van der Waals surface area contributed by atoms with Crippen molar-refractivity contribution in [3.8, 4) is 0 Å². The van der Waals surface area contributed by atoms with Gasteiger partial charge in [-0.25, -0.2) is 9.59 Å². The number of hydrogen-bond acceptors (Lipinski definition) is 6. The third-order valence-corrected chi connectivity index (χ3v) is 4.48. The van der Waals surface area contributed by atoms with E-state index in [0.717, 1.165) is 11.1 Å². The number of methoxy groups -OCH3 is 1. The summed E-state index contributed by atoms with van der Waals surface area (Å²) in [6.07, 6.45) is 3.13. The molecule has 2 aliphatic rings. The molecular weight excluding hydrogens is 330 g/mol. The smallest absolute Gasteiger partial charge is 0.409 e. The molecule has 25 heavy (non-hydrogen) atoms. The van der Waals surface area contributed by atoms with Crippen molar-refractivity contribution >= 4 is 18.0 Å². The minimum atomic E-state index is -1.09. The second kappa shape index (κ2) is 7.06. The first-order chi connectivity index (χ1) is 12.0. The molecule has 1 aromatic rings. The van der Waals surface area contributed by atoms with Gasteiger partial charge < -0.3 is 24.4 Å². The van der Waals surface area contributed by atoms with Gasteiger partial charge in [0.05, 0.1) is 32.4 Å². The van der Waals surface area contributed by atoms with Gasteiger partial charge in [-0.3, -0.25) is 9.78 Å². The standard InChI is InChI=1S/C16H19N3O6/c1-24-16(23)18-3-2-11-10(8-18)6-17-7-12(11)14(20)19-4-5-25-9-13(19)15(21)22/h6-7,13H,2-5,8-9H2,1H3,(H,21,22). The molecule has 2 aliphatic heterocycles. The normalized spacial score (nSPS) is 20.0. The molecule has 3 rings (SSSR count). The summed E-state index contributed by atoms with van der Waals surface area (Å²) >= 11 is 0. The number of carbonyl (C=O) groups excluding carboxylic acids is 2. The van der Waals surface area contributed by atoms with Crippen molar-refractivity contribution < 1.29 is 29.0 Å². The van der Waals surface area contributed by atoms with Crippen LogP contribution in [0.4, 0.5) is 4.79 Å². The molecule has 1 unspecified atom stereocenters. The summed E-state index contributed by atoms with van der Waals surface area (Å²) in [5.74, 6) is -1.46. The Morgan fingerprint density at radius 3 is 2.84 bits per heavy atom. The van der Waals surface area contributed by atoms with Gasteiger partial charge >= 0.3 is 12.1 Å². The molecule has 1 N–H and O–H groups in total. The maximum absolute atomic E-state index is 12.9. The molecule has 1 aromatic heterocycles. The average molecular weight is 349 g/mol. The lowest BCUT2D eigenvalue weighted by molar-refractivity contribution is -0.147. The third-order valence-electron chi connectivity index (χ3n) is 4.48. The second-order valence-electron chi connectivity index (χ2n) is 5.89. The number of morpholine rings is 1. The number of carboxylic acids is 1. The van der Waals surface area contributed by atoms with Crippen molar-refractivity contribution in [3.63, 3.8) is 0 Å². The molecule has 1 saturated heterocycles. The molecule has 1 fully saturated rings. The number of rotatable bonds is 2. The van der Waals surface area contributed by atoms with E-state index in [2.05, 4.69) is 4.98 Å². The predicted molar refractivity (Wildman–Crippen MR) is 84.0 cm³/mol. The SMILES string of the molecule is COC(=O)N1CCc2c(cncc2C(=O)N2CCOCC2C(=O)O)C1. The van der Waals surface area contributed by atoms with Gasteiger partial charge in [-0.05, 0) is 17.5 Å². The average Bonchev–Trinajstić information content (AvgIpc) is 2.65. The molecule has 9 heteroatoms. The molecule has 9 nitrogen and oxygen atoms in total. The first kappa shape index (κ1) is 17.2. The van der Waals surface area contributed by atoms with Crippen molar-refractivity contribution in [2.45, 2.75) is 19.0 Å². The summed E-state index contributed by atoms with van der Waals surface area (Å²) in [5, 5.41) is 9.32.